The number of rotatable bonds is 59. The van der Waals surface area contributed by atoms with Crippen molar-refractivity contribution in [1.29, 1.82) is 0 Å². The Morgan fingerprint density at radius 3 is 1.03 bits per heavy atom. The summed E-state index contributed by atoms with van der Waals surface area (Å²) in [5.41, 5.74) is 0. The van der Waals surface area contributed by atoms with Crippen LogP contribution in [0.4, 0.5) is 0 Å². The third-order valence-corrected chi connectivity index (χ3v) is 15.3. The van der Waals surface area contributed by atoms with Crippen molar-refractivity contribution >= 4 is 19.8 Å². The number of hydrogen-bond donors (Lipinski definition) is 1. The second-order valence-corrected chi connectivity index (χ2v) is 24.3. The highest BCUT2D eigenvalue weighted by Crippen LogP contribution is 2.43. The molecule has 10 heteroatoms. The van der Waals surface area contributed by atoms with Crippen molar-refractivity contribution in [2.24, 2.45) is 0 Å². The summed E-state index contributed by atoms with van der Waals surface area (Å²) in [6.07, 6.45) is 65.2. The van der Waals surface area contributed by atoms with Gasteiger partial charge >= 0.3 is 19.8 Å². The summed E-state index contributed by atoms with van der Waals surface area (Å²) in [5, 5.41) is 0. The van der Waals surface area contributed by atoms with Crippen molar-refractivity contribution in [2.75, 3.05) is 47.5 Å². The number of nitrogens with zero attached hydrogens (tertiary/aromatic N) is 1. The summed E-state index contributed by atoms with van der Waals surface area (Å²) in [5.74, 6) is -0.788. The van der Waals surface area contributed by atoms with E-state index in [0.717, 1.165) is 38.5 Å². The maximum atomic E-state index is 12.7. The molecule has 0 amide bonds. The van der Waals surface area contributed by atoms with Crippen LogP contribution in [0, 0.1) is 0 Å². The molecule has 0 aromatic heterocycles. The average molecular weight is 1040 g/mol. The first-order chi connectivity index (χ1) is 35.0. The van der Waals surface area contributed by atoms with Gasteiger partial charge in [-0.1, -0.05) is 283 Å². The lowest BCUT2D eigenvalue weighted by Gasteiger charge is -2.24. The van der Waals surface area contributed by atoms with Gasteiger partial charge < -0.3 is 18.9 Å². The Bertz CT molecular complexity index is 1220. The number of phosphoric acid groups is 1. The highest BCUT2D eigenvalue weighted by Gasteiger charge is 2.27. The minimum Gasteiger partial charge on any atom is -0.462 e. The number of phosphoric ester groups is 1. The van der Waals surface area contributed by atoms with E-state index in [9.17, 15) is 19.0 Å². The molecule has 2 unspecified atom stereocenters. The molecule has 0 aliphatic heterocycles. The summed E-state index contributed by atoms with van der Waals surface area (Å²) in [6, 6.07) is 0. The Balaban J connectivity index is 3.70. The lowest BCUT2D eigenvalue weighted by Crippen LogP contribution is -2.37. The number of allylic oxidation sites excluding steroid dienone is 2. The van der Waals surface area contributed by atoms with Crippen molar-refractivity contribution in [3.8, 4) is 0 Å². The molecule has 2 atom stereocenters. The van der Waals surface area contributed by atoms with Crippen molar-refractivity contribution in [1.82, 2.24) is 0 Å². The zero-order valence-corrected chi connectivity index (χ0v) is 49.6. The molecule has 0 spiro atoms. The lowest BCUT2D eigenvalue weighted by atomic mass is 10.0. The SMILES string of the molecule is CCCCCCCCCC/C=C\CCCCCCCCCCCCCCCCCCCCCCCCCCCCCCCC(=O)OC(COC(=O)CCCCCCCCC)COP(=O)(O)OCC[N+](C)(C)C. The highest BCUT2D eigenvalue weighted by molar-refractivity contribution is 7.47. The van der Waals surface area contributed by atoms with E-state index in [4.69, 9.17) is 18.5 Å². The Morgan fingerprint density at radius 1 is 0.417 bits per heavy atom. The zero-order valence-electron chi connectivity index (χ0n) is 48.7. The molecule has 9 nitrogen and oxygen atoms in total. The molecule has 0 saturated heterocycles. The van der Waals surface area contributed by atoms with Crippen molar-refractivity contribution in [3.63, 3.8) is 0 Å². The normalized spacial score (nSPS) is 13.2. The van der Waals surface area contributed by atoms with Crippen LogP contribution in [0.3, 0.4) is 0 Å². The minimum atomic E-state index is -4.37. The first kappa shape index (κ1) is 70.8. The first-order valence-electron chi connectivity index (χ1n) is 31.4. The molecule has 0 heterocycles. The molecule has 0 rings (SSSR count). The Hall–Kier alpha value is -1.25. The molecule has 72 heavy (non-hydrogen) atoms. The van der Waals surface area contributed by atoms with E-state index in [2.05, 4.69) is 26.0 Å². The quantitative estimate of drug-likeness (QED) is 0.0211. The zero-order chi connectivity index (χ0) is 52.7. The van der Waals surface area contributed by atoms with Crippen molar-refractivity contribution in [2.45, 2.75) is 328 Å². The third-order valence-electron chi connectivity index (χ3n) is 14.3. The number of carbonyl (C=O) groups is 2. The smallest absolute Gasteiger partial charge is 0.462 e. The van der Waals surface area contributed by atoms with Gasteiger partial charge in [0.15, 0.2) is 6.10 Å². The van der Waals surface area contributed by atoms with Crippen molar-refractivity contribution < 1.29 is 42.1 Å². The van der Waals surface area contributed by atoms with Gasteiger partial charge in [0.1, 0.15) is 19.8 Å². The molecule has 0 aliphatic rings. The molecule has 0 radical (unpaired) electrons. The van der Waals surface area contributed by atoms with Crippen LogP contribution >= 0.6 is 7.82 Å². The molecular formula is C62H123NO8P+. The van der Waals surface area contributed by atoms with E-state index in [0.29, 0.717) is 17.4 Å². The van der Waals surface area contributed by atoms with Crippen LogP contribution in [0.25, 0.3) is 0 Å². The number of unbranched alkanes of at least 4 members (excludes halogenated alkanes) is 43. The van der Waals surface area contributed by atoms with Gasteiger partial charge in [-0.25, -0.2) is 4.57 Å². The first-order valence-corrected chi connectivity index (χ1v) is 32.9. The van der Waals surface area contributed by atoms with E-state index in [1.807, 2.05) is 21.1 Å². The molecule has 0 aliphatic carbocycles. The van der Waals surface area contributed by atoms with E-state index in [1.165, 1.54) is 257 Å². The lowest BCUT2D eigenvalue weighted by molar-refractivity contribution is -0.870. The summed E-state index contributed by atoms with van der Waals surface area (Å²) in [6.45, 7) is 4.42. The van der Waals surface area contributed by atoms with Gasteiger partial charge in [0.05, 0.1) is 27.7 Å². The van der Waals surface area contributed by atoms with Gasteiger partial charge in [-0.05, 0) is 38.5 Å². The molecule has 428 valence electrons. The van der Waals surface area contributed by atoms with E-state index < -0.39 is 26.5 Å². The van der Waals surface area contributed by atoms with Crippen LogP contribution in [0.2, 0.25) is 0 Å². The molecule has 0 bridgehead atoms. The second kappa shape index (κ2) is 54.5. The maximum Gasteiger partial charge on any atom is 0.472 e. The number of esters is 2. The van der Waals surface area contributed by atoms with Gasteiger partial charge in [0, 0.05) is 12.8 Å². The fourth-order valence-electron chi connectivity index (χ4n) is 9.43. The fourth-order valence-corrected chi connectivity index (χ4v) is 10.2. The fraction of sp³-hybridized carbons (Fsp3) is 0.935. The largest absolute Gasteiger partial charge is 0.472 e. The summed E-state index contributed by atoms with van der Waals surface area (Å²) >= 11 is 0. The van der Waals surface area contributed by atoms with Crippen LogP contribution in [-0.2, 0) is 32.7 Å². The predicted octanol–water partition coefficient (Wildman–Crippen LogP) is 19.6. The molecular weight excluding hydrogens is 918 g/mol. The van der Waals surface area contributed by atoms with Gasteiger partial charge in [0.25, 0.3) is 0 Å². The van der Waals surface area contributed by atoms with E-state index in [1.54, 1.807) is 0 Å². The van der Waals surface area contributed by atoms with Crippen LogP contribution in [0.5, 0.6) is 0 Å². The van der Waals surface area contributed by atoms with E-state index in [-0.39, 0.29) is 25.6 Å². The Labute approximate surface area is 447 Å². The number of hydrogen-bond acceptors (Lipinski definition) is 7. The molecule has 1 N–H and O–H groups in total. The van der Waals surface area contributed by atoms with Crippen molar-refractivity contribution in [3.05, 3.63) is 12.2 Å². The maximum absolute atomic E-state index is 12.7. The molecule has 0 aromatic carbocycles. The Kier molecular flexibility index (Phi) is 53.6. The van der Waals surface area contributed by atoms with E-state index >= 15 is 0 Å². The Morgan fingerprint density at radius 2 is 0.708 bits per heavy atom. The standard InChI is InChI=1S/C62H122NO8P/c1-6-8-10-12-14-15-16-17-18-19-20-21-22-23-24-25-26-27-28-29-30-31-32-33-34-35-36-37-38-39-40-41-42-43-44-45-46-47-49-51-53-55-62(65)71-60(59-70-72(66,67)69-57-56-63(3,4)5)58-68-61(64)54-52-50-48-13-11-9-7-2/h19-20,60H,6-18,21-59H2,1-5H3/p+1/b20-19-. The van der Waals surface area contributed by atoms with Crippen LogP contribution in [-0.4, -0.2) is 74.9 Å². The topological polar surface area (TPSA) is 108 Å². The monoisotopic (exact) mass is 1040 g/mol. The average Bonchev–Trinajstić information content (AvgIpc) is 3.34. The number of carbonyl (C=O) groups excluding carboxylic acids is 2. The van der Waals surface area contributed by atoms with Gasteiger partial charge in [-0.3, -0.25) is 18.6 Å². The van der Waals surface area contributed by atoms with Crippen LogP contribution in [0.1, 0.15) is 322 Å². The second-order valence-electron chi connectivity index (χ2n) is 22.8. The highest BCUT2D eigenvalue weighted by atomic mass is 31.2. The van der Waals surface area contributed by atoms with Crippen LogP contribution in [0.15, 0.2) is 12.2 Å². The number of quaternary nitrogens is 1. The molecule has 0 saturated carbocycles. The third kappa shape index (κ3) is 58.0. The van der Waals surface area contributed by atoms with Gasteiger partial charge in [0.2, 0.25) is 0 Å². The predicted molar refractivity (Wildman–Crippen MR) is 308 cm³/mol. The minimum absolute atomic E-state index is 0.0361. The van der Waals surface area contributed by atoms with Gasteiger partial charge in [-0.15, -0.1) is 0 Å². The number of ether oxygens (including phenoxy) is 2. The van der Waals surface area contributed by atoms with Crippen LogP contribution < -0.4 is 0 Å². The summed E-state index contributed by atoms with van der Waals surface area (Å²) in [7, 11) is 1.49. The molecule has 0 fully saturated rings. The summed E-state index contributed by atoms with van der Waals surface area (Å²) in [4.78, 5) is 35.3. The summed E-state index contributed by atoms with van der Waals surface area (Å²) < 4.78 is 34.3. The molecule has 0 aromatic rings. The van der Waals surface area contributed by atoms with Gasteiger partial charge in [-0.2, -0.15) is 0 Å². The number of likely N-dealkylation sites (N-methyl/N-ethyl adjacent to an activating group) is 1.